The van der Waals surface area contributed by atoms with Crippen LogP contribution in [0.15, 0.2) is 0 Å². The fraction of sp³-hybridized carbons (Fsp3) is 0.750. The number of hydrogen-bond acceptors (Lipinski definition) is 1. The second-order valence-corrected chi connectivity index (χ2v) is 1.39. The van der Waals surface area contributed by atoms with E-state index in [2.05, 4.69) is 0 Å². The van der Waals surface area contributed by atoms with Crippen molar-refractivity contribution in [1.82, 2.24) is 0 Å². The molecule has 0 aromatic rings. The third kappa shape index (κ3) is 8.83. The molecule has 2 heteroatoms. The summed E-state index contributed by atoms with van der Waals surface area (Å²) in [6, 6.07) is 0. The van der Waals surface area contributed by atoms with Crippen molar-refractivity contribution in [2.75, 3.05) is 0 Å². The van der Waals surface area contributed by atoms with Crippen molar-refractivity contribution >= 4 is 0 Å². The molecule has 0 aliphatic heterocycles. The topological polar surface area (TPSA) is 20.2 Å². The Morgan fingerprint density at radius 2 is 1.67 bits per heavy atom. The Bertz CT molecular complexity index is 21.5. The Kier molecular flexibility index (Phi) is 9.36. The molecule has 0 bridgehead atoms. The van der Waals surface area contributed by atoms with E-state index in [4.69, 9.17) is 5.11 Å². The van der Waals surface area contributed by atoms with Crippen molar-refractivity contribution in [3.63, 3.8) is 0 Å². The van der Waals surface area contributed by atoms with E-state index in [1.807, 2.05) is 13.8 Å². The second kappa shape index (κ2) is 5.70. The summed E-state index contributed by atoms with van der Waals surface area (Å²) < 4.78 is 0. The first-order chi connectivity index (χ1) is 2.27. The normalized spacial score (nSPS) is 8.00. The molecule has 0 saturated heterocycles. The van der Waals surface area contributed by atoms with Gasteiger partial charge in [-0.3, -0.25) is 0 Å². The minimum absolute atomic E-state index is 0. The maximum absolute atomic E-state index is 8.02. The maximum atomic E-state index is 8.02. The van der Waals surface area contributed by atoms with Crippen LogP contribution in [0.5, 0.6) is 0 Å². The first-order valence-electron chi connectivity index (χ1n) is 1.75. The van der Waals surface area contributed by atoms with Gasteiger partial charge < -0.3 is 5.11 Å². The van der Waals surface area contributed by atoms with Crippen molar-refractivity contribution in [3.8, 4) is 0 Å². The van der Waals surface area contributed by atoms with E-state index >= 15 is 0 Å². The molecule has 6 heavy (non-hydrogen) atoms. The van der Waals surface area contributed by atoms with Crippen LogP contribution in [0.4, 0.5) is 0 Å². The summed E-state index contributed by atoms with van der Waals surface area (Å²) in [5, 5.41) is 8.02. The van der Waals surface area contributed by atoms with Gasteiger partial charge in [-0.05, 0) is 0 Å². The number of aliphatic hydroxyl groups excluding tert-OH is 1. The molecule has 0 aliphatic carbocycles. The van der Waals surface area contributed by atoms with Gasteiger partial charge in [0.25, 0.3) is 0 Å². The van der Waals surface area contributed by atoms with Crippen LogP contribution in [-0.4, -0.2) is 5.11 Å². The van der Waals surface area contributed by atoms with E-state index in [1.54, 1.807) is 0 Å². The Labute approximate surface area is 54.3 Å². The van der Waals surface area contributed by atoms with Crippen molar-refractivity contribution < 1.29 is 27.5 Å². The van der Waals surface area contributed by atoms with Crippen molar-refractivity contribution in [2.24, 2.45) is 5.92 Å². The van der Waals surface area contributed by atoms with Gasteiger partial charge in [-0.1, -0.05) is 13.8 Å². The molecule has 37 valence electrons. The molecule has 0 unspecified atom stereocenters. The summed E-state index contributed by atoms with van der Waals surface area (Å²) in [5.41, 5.74) is 0. The second-order valence-electron chi connectivity index (χ2n) is 1.39. The summed E-state index contributed by atoms with van der Waals surface area (Å²) in [7, 11) is 0. The molecule has 0 saturated carbocycles. The third-order valence-electron chi connectivity index (χ3n) is 0.298. The fourth-order valence-corrected chi connectivity index (χ4v) is 0. The third-order valence-corrected chi connectivity index (χ3v) is 0.298. The Hall–Kier alpha value is 0.700. The molecule has 0 fully saturated rings. The van der Waals surface area contributed by atoms with Crippen LogP contribution in [0, 0.1) is 12.5 Å². The van der Waals surface area contributed by atoms with E-state index in [0.717, 1.165) is 0 Å². The molecule has 0 rings (SSSR count). The van der Waals surface area contributed by atoms with Gasteiger partial charge in [0, 0.05) is 22.4 Å². The van der Waals surface area contributed by atoms with Gasteiger partial charge in [0.1, 0.15) is 0 Å². The quantitative estimate of drug-likeness (QED) is 0.696. The van der Waals surface area contributed by atoms with Gasteiger partial charge in [0.05, 0.1) is 0 Å². The zero-order chi connectivity index (χ0) is 4.28. The smallest absolute Gasteiger partial charge is 0 e. The molecule has 0 aromatic heterocycles. The fourth-order valence-electron chi connectivity index (χ4n) is 0. The minimum atomic E-state index is 0. The zero-order valence-corrected chi connectivity index (χ0v) is 7.26. The summed E-state index contributed by atoms with van der Waals surface area (Å²) in [6.45, 7) is 5.00. The first kappa shape index (κ1) is 9.85. The molecule has 1 radical (unpaired) electrons. The summed E-state index contributed by atoms with van der Waals surface area (Å²) in [6.07, 6.45) is 0. The van der Waals surface area contributed by atoms with Gasteiger partial charge in [-0.2, -0.15) is 5.92 Å². The number of aliphatic hydroxyl groups is 1. The summed E-state index contributed by atoms with van der Waals surface area (Å²) in [4.78, 5) is 0. The Morgan fingerprint density at radius 1 is 1.50 bits per heavy atom. The van der Waals surface area contributed by atoms with Crippen molar-refractivity contribution in [1.29, 1.82) is 0 Å². The van der Waals surface area contributed by atoms with E-state index in [9.17, 15) is 0 Å². The molecular formula is C4H9OTa-. The predicted molar refractivity (Wildman–Crippen MR) is 21.1 cm³/mol. The maximum Gasteiger partial charge on any atom is 0 e. The van der Waals surface area contributed by atoms with Gasteiger partial charge in [0.2, 0.25) is 0 Å². The van der Waals surface area contributed by atoms with Crippen molar-refractivity contribution in [2.45, 2.75) is 13.8 Å². The number of rotatable bonds is 1. The summed E-state index contributed by atoms with van der Waals surface area (Å²) in [5.74, 6) is 0.315. The Balaban J connectivity index is 0. The van der Waals surface area contributed by atoms with Crippen LogP contribution in [0.2, 0.25) is 0 Å². The van der Waals surface area contributed by atoms with Crippen LogP contribution in [0.1, 0.15) is 13.8 Å². The zero-order valence-electron chi connectivity index (χ0n) is 4.05. The monoisotopic (exact) mass is 254 g/mol. The molecule has 0 atom stereocenters. The molecule has 1 N–H and O–H groups in total. The molecular weight excluding hydrogens is 245 g/mol. The molecule has 1 nitrogen and oxygen atoms in total. The van der Waals surface area contributed by atoms with Crippen molar-refractivity contribution in [3.05, 3.63) is 6.61 Å². The van der Waals surface area contributed by atoms with Crippen LogP contribution in [0.3, 0.4) is 0 Å². The molecule has 0 aliphatic rings. The first-order valence-corrected chi connectivity index (χ1v) is 1.75. The molecule has 0 heterocycles. The average molecular weight is 254 g/mol. The molecule has 0 amide bonds. The SMILES string of the molecule is CC(C)[CH-]O.[Ta]. The van der Waals surface area contributed by atoms with Gasteiger partial charge >= 0.3 is 0 Å². The van der Waals surface area contributed by atoms with Crippen LogP contribution < -0.4 is 0 Å². The van der Waals surface area contributed by atoms with Crippen LogP contribution in [0.25, 0.3) is 0 Å². The standard InChI is InChI=1S/C4H9O.Ta/c1-4(2)3-5;/h3-5H,1-2H3;/q-1;. The van der Waals surface area contributed by atoms with Gasteiger partial charge in [-0.25, -0.2) is 6.61 Å². The minimum Gasteiger partial charge on any atom is -0.566 e. The van der Waals surface area contributed by atoms with Crippen LogP contribution >= 0.6 is 0 Å². The Morgan fingerprint density at radius 3 is 1.67 bits per heavy atom. The van der Waals surface area contributed by atoms with Gasteiger partial charge in [0.15, 0.2) is 0 Å². The predicted octanol–water partition coefficient (Wildman–Crippen LogP) is 1.17. The molecule has 0 spiro atoms. The van der Waals surface area contributed by atoms with Crippen LogP contribution in [-0.2, 0) is 22.4 Å². The van der Waals surface area contributed by atoms with E-state index < -0.39 is 0 Å². The van der Waals surface area contributed by atoms with Gasteiger partial charge in [-0.15, -0.1) is 0 Å². The van der Waals surface area contributed by atoms with E-state index in [1.165, 1.54) is 6.61 Å². The number of hydrogen-bond donors (Lipinski definition) is 1. The van der Waals surface area contributed by atoms with E-state index in [0.29, 0.717) is 5.92 Å². The molecule has 0 aromatic carbocycles. The van der Waals surface area contributed by atoms with E-state index in [-0.39, 0.29) is 22.4 Å². The summed E-state index contributed by atoms with van der Waals surface area (Å²) >= 11 is 0. The average Bonchev–Trinajstić information content (AvgIpc) is 1.38. The largest absolute Gasteiger partial charge is 0.566 e.